The van der Waals surface area contributed by atoms with Crippen LogP contribution in [0.5, 0.6) is 0 Å². The number of nitrogens with zero attached hydrogens (tertiary/aromatic N) is 2. The Kier molecular flexibility index (Phi) is 8.51. The Morgan fingerprint density at radius 3 is 2.13 bits per heavy atom. The Labute approximate surface area is 228 Å². The summed E-state index contributed by atoms with van der Waals surface area (Å²) in [6.45, 7) is 0.538. The molecule has 11 heteroatoms. The number of rotatable bonds is 10. The quantitative estimate of drug-likeness (QED) is 0.224. The Morgan fingerprint density at radius 2 is 1.62 bits per heavy atom. The summed E-state index contributed by atoms with van der Waals surface area (Å²) in [4.78, 5) is 28.9. The molecule has 1 unspecified atom stereocenters. The molecule has 2 heterocycles. The highest BCUT2D eigenvalue weighted by Crippen LogP contribution is 2.31. The van der Waals surface area contributed by atoms with Crippen molar-refractivity contribution in [1.29, 1.82) is 5.41 Å². The number of nitrogens with one attached hydrogen (secondary N) is 3. The van der Waals surface area contributed by atoms with Crippen molar-refractivity contribution in [1.82, 2.24) is 19.5 Å². The van der Waals surface area contributed by atoms with E-state index in [4.69, 9.17) is 11.1 Å². The number of benzene rings is 2. The van der Waals surface area contributed by atoms with E-state index in [-0.39, 0.29) is 18.3 Å². The van der Waals surface area contributed by atoms with Gasteiger partial charge in [0.1, 0.15) is 17.9 Å². The second-order valence-corrected chi connectivity index (χ2v) is 11.5. The lowest BCUT2D eigenvalue weighted by Crippen LogP contribution is -2.55. The van der Waals surface area contributed by atoms with E-state index in [0.717, 1.165) is 23.1 Å². The molecule has 206 valence electrons. The maximum Gasteiger partial charge on any atom is 0.243 e. The highest BCUT2D eigenvalue weighted by molar-refractivity contribution is 7.88. The Balaban J connectivity index is 1.61. The van der Waals surface area contributed by atoms with Gasteiger partial charge in [-0.25, -0.2) is 13.1 Å². The van der Waals surface area contributed by atoms with Crippen molar-refractivity contribution in [2.75, 3.05) is 12.8 Å². The molecule has 39 heavy (non-hydrogen) atoms. The maximum absolute atomic E-state index is 14.1. The lowest BCUT2D eigenvalue weighted by molar-refractivity contribution is -0.140. The third-order valence-corrected chi connectivity index (χ3v) is 7.72. The van der Waals surface area contributed by atoms with Gasteiger partial charge < -0.3 is 20.5 Å². The molecule has 1 fully saturated rings. The summed E-state index contributed by atoms with van der Waals surface area (Å²) in [5, 5.41) is 10.5. The summed E-state index contributed by atoms with van der Waals surface area (Å²) in [7, 11) is -2.02. The molecule has 1 aliphatic heterocycles. The molecule has 10 nitrogen and oxygen atoms in total. The predicted molar refractivity (Wildman–Crippen MR) is 150 cm³/mol. The first-order chi connectivity index (χ1) is 18.6. The fourth-order valence-electron chi connectivity index (χ4n) is 5.17. The minimum atomic E-state index is -3.78. The van der Waals surface area contributed by atoms with Crippen LogP contribution in [0.2, 0.25) is 0 Å². The van der Waals surface area contributed by atoms with Crippen LogP contribution in [-0.2, 0) is 33.2 Å². The summed E-state index contributed by atoms with van der Waals surface area (Å²) in [6.07, 6.45) is 2.12. The number of nitrogen functional groups attached to an aromatic ring is 1. The smallest absolute Gasteiger partial charge is 0.243 e. The second kappa shape index (κ2) is 11.8. The normalized spacial score (nSPS) is 16.3. The van der Waals surface area contributed by atoms with Crippen LogP contribution in [0.25, 0.3) is 0 Å². The molecule has 2 aromatic carbocycles. The standard InChI is InChI=1S/C28H34N6O4S/c1-33-21(15-16-22(33)26(29)30)18-31-27(35)23-14-9-17-34(23)28(36)25(32-39(2,37)38)24(19-10-5-3-6-11-19)20-12-7-4-8-13-20/h3-8,10-13,15-16,23-25,32H,9,14,17-18H2,1-2H3,(H3,29,30)(H,31,35)/t23?,25-/m1/s1. The van der Waals surface area contributed by atoms with Crippen LogP contribution in [0.4, 0.5) is 0 Å². The van der Waals surface area contributed by atoms with Crippen molar-refractivity contribution < 1.29 is 18.0 Å². The van der Waals surface area contributed by atoms with Gasteiger partial charge in [-0.2, -0.15) is 0 Å². The zero-order valence-electron chi connectivity index (χ0n) is 22.0. The first-order valence-electron chi connectivity index (χ1n) is 12.7. The lowest BCUT2D eigenvalue weighted by atomic mass is 9.84. The Bertz CT molecular complexity index is 1400. The summed E-state index contributed by atoms with van der Waals surface area (Å²) in [5.41, 5.74) is 8.46. The number of aromatic nitrogens is 1. The first kappa shape index (κ1) is 28.1. The van der Waals surface area contributed by atoms with E-state index in [2.05, 4.69) is 10.0 Å². The van der Waals surface area contributed by atoms with E-state index in [9.17, 15) is 18.0 Å². The van der Waals surface area contributed by atoms with Crippen LogP contribution in [0.15, 0.2) is 72.8 Å². The molecule has 0 spiro atoms. The molecule has 4 rings (SSSR count). The van der Waals surface area contributed by atoms with Crippen LogP contribution in [0.3, 0.4) is 0 Å². The van der Waals surface area contributed by atoms with Crippen molar-refractivity contribution >= 4 is 27.7 Å². The molecule has 3 aromatic rings. The van der Waals surface area contributed by atoms with E-state index in [1.165, 1.54) is 4.90 Å². The van der Waals surface area contributed by atoms with Crippen molar-refractivity contribution in [3.63, 3.8) is 0 Å². The summed E-state index contributed by atoms with van der Waals surface area (Å²) < 4.78 is 29.3. The number of carbonyl (C=O) groups excluding carboxylic acids is 2. The molecule has 1 aliphatic rings. The Hall–Kier alpha value is -3.96. The Morgan fingerprint density at radius 1 is 1.03 bits per heavy atom. The van der Waals surface area contributed by atoms with Crippen LogP contribution < -0.4 is 15.8 Å². The monoisotopic (exact) mass is 550 g/mol. The lowest BCUT2D eigenvalue weighted by Gasteiger charge is -2.33. The number of carbonyl (C=O) groups is 2. The molecule has 0 radical (unpaired) electrons. The topological polar surface area (TPSA) is 150 Å². The fraction of sp³-hybridized carbons (Fsp3) is 0.321. The molecule has 2 atom stereocenters. The molecule has 1 saturated heterocycles. The molecule has 2 amide bonds. The highest BCUT2D eigenvalue weighted by Gasteiger charge is 2.41. The highest BCUT2D eigenvalue weighted by atomic mass is 32.2. The average molecular weight is 551 g/mol. The summed E-state index contributed by atoms with van der Waals surface area (Å²) >= 11 is 0. The van der Waals surface area contributed by atoms with E-state index >= 15 is 0 Å². The van der Waals surface area contributed by atoms with Crippen LogP contribution in [0.1, 0.15) is 41.3 Å². The van der Waals surface area contributed by atoms with Crippen molar-refractivity contribution in [2.24, 2.45) is 12.8 Å². The van der Waals surface area contributed by atoms with E-state index < -0.39 is 33.9 Å². The number of nitrogens with two attached hydrogens (primary N) is 1. The van der Waals surface area contributed by atoms with Gasteiger partial charge in [-0.1, -0.05) is 60.7 Å². The van der Waals surface area contributed by atoms with Crippen molar-refractivity contribution in [2.45, 2.75) is 37.4 Å². The number of likely N-dealkylation sites (tertiary alicyclic amines) is 1. The number of sulfonamides is 1. The number of amides is 2. The van der Waals surface area contributed by atoms with Gasteiger partial charge in [0.05, 0.1) is 18.5 Å². The molecular weight excluding hydrogens is 516 g/mol. The van der Waals surface area contributed by atoms with E-state index in [1.54, 1.807) is 23.7 Å². The maximum atomic E-state index is 14.1. The van der Waals surface area contributed by atoms with Gasteiger partial charge in [-0.15, -0.1) is 0 Å². The SMILES string of the molecule is Cn1c(CNC(=O)C2CCCN2C(=O)[C@H](NS(C)(=O)=O)C(c2ccccc2)c2ccccc2)ccc1C(=N)N. The molecule has 1 aromatic heterocycles. The predicted octanol–water partition coefficient (Wildman–Crippen LogP) is 1.67. The van der Waals surface area contributed by atoms with E-state index in [0.29, 0.717) is 25.1 Å². The third kappa shape index (κ3) is 6.55. The molecular formula is C28H34N6O4S. The van der Waals surface area contributed by atoms with Gasteiger partial charge in [-0.05, 0) is 36.1 Å². The van der Waals surface area contributed by atoms with Crippen molar-refractivity contribution in [3.8, 4) is 0 Å². The molecule has 5 N–H and O–H groups in total. The second-order valence-electron chi connectivity index (χ2n) is 9.76. The van der Waals surface area contributed by atoms with Crippen molar-refractivity contribution in [3.05, 3.63) is 95.3 Å². The molecule has 0 aliphatic carbocycles. The molecule has 0 saturated carbocycles. The number of hydrogen-bond donors (Lipinski definition) is 4. The summed E-state index contributed by atoms with van der Waals surface area (Å²) in [6, 6.07) is 20.2. The summed E-state index contributed by atoms with van der Waals surface area (Å²) in [5.74, 6) is -1.44. The number of hydrogen-bond acceptors (Lipinski definition) is 5. The van der Waals surface area contributed by atoms with Gasteiger partial charge >= 0.3 is 0 Å². The minimum Gasteiger partial charge on any atom is -0.382 e. The van der Waals surface area contributed by atoms with Crippen LogP contribution in [-0.4, -0.2) is 60.4 Å². The van der Waals surface area contributed by atoms with Gasteiger partial charge in [0.2, 0.25) is 21.8 Å². The van der Waals surface area contributed by atoms with Gasteiger partial charge in [-0.3, -0.25) is 15.0 Å². The minimum absolute atomic E-state index is 0.0709. The zero-order chi connectivity index (χ0) is 28.2. The van der Waals surface area contributed by atoms with Gasteiger partial charge in [0.25, 0.3) is 0 Å². The van der Waals surface area contributed by atoms with Gasteiger partial charge in [0, 0.05) is 25.2 Å². The zero-order valence-corrected chi connectivity index (χ0v) is 22.8. The van der Waals surface area contributed by atoms with Crippen LogP contribution in [0, 0.1) is 5.41 Å². The molecule has 0 bridgehead atoms. The fourth-order valence-corrected chi connectivity index (χ4v) is 5.87. The first-order valence-corrected chi connectivity index (χ1v) is 14.6. The third-order valence-electron chi connectivity index (χ3n) is 7.04. The van der Waals surface area contributed by atoms with Gasteiger partial charge in [0.15, 0.2) is 0 Å². The van der Waals surface area contributed by atoms with E-state index in [1.807, 2.05) is 60.7 Å². The van der Waals surface area contributed by atoms with Crippen LogP contribution >= 0.6 is 0 Å². The average Bonchev–Trinajstić information content (AvgIpc) is 3.54. The number of amidine groups is 1. The largest absolute Gasteiger partial charge is 0.382 e.